The predicted octanol–water partition coefficient (Wildman–Crippen LogP) is 0.887. The second-order valence-corrected chi connectivity index (χ2v) is 6.32. The van der Waals surface area contributed by atoms with Crippen molar-refractivity contribution in [2.45, 2.75) is 38.7 Å². The van der Waals surface area contributed by atoms with Crippen molar-refractivity contribution in [3.8, 4) is 0 Å². The standard InChI is InChI=1S/C11H23NO4S/c1-2-4-10(9-17(12,13)14)7-15-8-11-5-3-6-16-11/h10-11H,2-9H2,1H3,(H2,12,13,14). The van der Waals surface area contributed by atoms with Gasteiger partial charge in [0.15, 0.2) is 0 Å². The van der Waals surface area contributed by atoms with Gasteiger partial charge in [0.2, 0.25) is 10.0 Å². The summed E-state index contributed by atoms with van der Waals surface area (Å²) in [5.41, 5.74) is 0. The minimum absolute atomic E-state index is 0.00333. The lowest BCUT2D eigenvalue weighted by Crippen LogP contribution is -2.27. The van der Waals surface area contributed by atoms with Crippen molar-refractivity contribution < 1.29 is 17.9 Å². The van der Waals surface area contributed by atoms with Gasteiger partial charge in [0.25, 0.3) is 0 Å². The summed E-state index contributed by atoms with van der Waals surface area (Å²) in [5, 5.41) is 5.05. The molecule has 0 aromatic rings. The third kappa shape index (κ3) is 6.98. The molecule has 1 aliphatic rings. The second kappa shape index (κ2) is 7.31. The Bertz CT molecular complexity index is 299. The van der Waals surface area contributed by atoms with Gasteiger partial charge < -0.3 is 9.47 Å². The summed E-state index contributed by atoms with van der Waals surface area (Å²) < 4.78 is 33.0. The molecule has 2 unspecified atom stereocenters. The monoisotopic (exact) mass is 265 g/mol. The number of sulfonamides is 1. The quantitative estimate of drug-likeness (QED) is 0.707. The molecule has 1 aliphatic heterocycles. The Morgan fingerprint density at radius 1 is 1.53 bits per heavy atom. The average Bonchev–Trinajstić information content (AvgIpc) is 2.68. The Kier molecular flexibility index (Phi) is 6.40. The van der Waals surface area contributed by atoms with E-state index in [4.69, 9.17) is 14.6 Å². The van der Waals surface area contributed by atoms with Crippen molar-refractivity contribution in [2.24, 2.45) is 11.1 Å². The molecule has 0 amide bonds. The molecule has 0 aliphatic carbocycles. The molecule has 0 spiro atoms. The molecule has 6 heteroatoms. The molecule has 0 bridgehead atoms. The van der Waals surface area contributed by atoms with Gasteiger partial charge in [-0.3, -0.25) is 0 Å². The van der Waals surface area contributed by atoms with Crippen molar-refractivity contribution in [1.29, 1.82) is 0 Å². The molecule has 0 radical (unpaired) electrons. The molecule has 2 N–H and O–H groups in total. The highest BCUT2D eigenvalue weighted by atomic mass is 32.2. The van der Waals surface area contributed by atoms with Crippen molar-refractivity contribution in [3.63, 3.8) is 0 Å². The molecule has 0 saturated carbocycles. The summed E-state index contributed by atoms with van der Waals surface area (Å²) >= 11 is 0. The van der Waals surface area contributed by atoms with Gasteiger partial charge in [-0.2, -0.15) is 0 Å². The zero-order chi connectivity index (χ0) is 12.7. The van der Waals surface area contributed by atoms with E-state index in [1.165, 1.54) is 0 Å². The third-order valence-corrected chi connectivity index (χ3v) is 3.78. The molecule has 1 rings (SSSR count). The predicted molar refractivity (Wildman–Crippen MR) is 66.2 cm³/mol. The van der Waals surface area contributed by atoms with Crippen molar-refractivity contribution >= 4 is 10.0 Å². The normalized spacial score (nSPS) is 22.8. The highest BCUT2D eigenvalue weighted by Gasteiger charge is 2.18. The summed E-state index contributed by atoms with van der Waals surface area (Å²) in [4.78, 5) is 0. The fraction of sp³-hybridized carbons (Fsp3) is 1.00. The number of rotatable bonds is 8. The molecule has 5 nitrogen and oxygen atoms in total. The molecular formula is C11H23NO4S. The third-order valence-electron chi connectivity index (χ3n) is 2.85. The van der Waals surface area contributed by atoms with Gasteiger partial charge in [-0.25, -0.2) is 13.6 Å². The summed E-state index contributed by atoms with van der Waals surface area (Å²) in [6.07, 6.45) is 4.06. The van der Waals surface area contributed by atoms with Gasteiger partial charge in [-0.05, 0) is 25.2 Å². The van der Waals surface area contributed by atoms with E-state index in [0.29, 0.717) is 13.2 Å². The first-order chi connectivity index (χ1) is 8.01. The minimum Gasteiger partial charge on any atom is -0.378 e. The van der Waals surface area contributed by atoms with Crippen LogP contribution in [0.15, 0.2) is 0 Å². The smallest absolute Gasteiger partial charge is 0.209 e. The second-order valence-electron chi connectivity index (χ2n) is 4.66. The van der Waals surface area contributed by atoms with Crippen LogP contribution in [0.2, 0.25) is 0 Å². The molecule has 1 heterocycles. The van der Waals surface area contributed by atoms with Crippen LogP contribution in [0.5, 0.6) is 0 Å². The highest BCUT2D eigenvalue weighted by molar-refractivity contribution is 7.89. The summed E-state index contributed by atoms with van der Waals surface area (Å²) in [6, 6.07) is 0. The number of primary sulfonamides is 1. The summed E-state index contributed by atoms with van der Waals surface area (Å²) in [5.74, 6) is 0.00298. The van der Waals surface area contributed by atoms with Crippen LogP contribution in [0.4, 0.5) is 0 Å². The van der Waals surface area contributed by atoms with E-state index in [1.54, 1.807) is 0 Å². The van der Waals surface area contributed by atoms with Gasteiger partial charge in [0.1, 0.15) is 0 Å². The van der Waals surface area contributed by atoms with Crippen LogP contribution in [-0.4, -0.2) is 40.1 Å². The topological polar surface area (TPSA) is 78.6 Å². The molecule has 1 fully saturated rings. The number of nitrogens with two attached hydrogens (primary N) is 1. The first-order valence-corrected chi connectivity index (χ1v) is 7.92. The average molecular weight is 265 g/mol. The van der Waals surface area contributed by atoms with E-state index >= 15 is 0 Å². The Balaban J connectivity index is 2.23. The SMILES string of the molecule is CCCC(COCC1CCCO1)CS(N)(=O)=O. The van der Waals surface area contributed by atoms with Gasteiger partial charge in [-0.1, -0.05) is 13.3 Å². The van der Waals surface area contributed by atoms with Gasteiger partial charge in [0.05, 0.1) is 25.1 Å². The molecule has 2 atom stereocenters. The molecule has 1 saturated heterocycles. The maximum atomic E-state index is 11.0. The highest BCUT2D eigenvalue weighted by Crippen LogP contribution is 2.14. The number of hydrogen-bond donors (Lipinski definition) is 1. The Labute approximate surface area is 104 Å². The van der Waals surface area contributed by atoms with Crippen molar-refractivity contribution in [3.05, 3.63) is 0 Å². The molecule has 0 aromatic carbocycles. The van der Waals surface area contributed by atoms with E-state index in [0.717, 1.165) is 32.3 Å². The van der Waals surface area contributed by atoms with Crippen molar-refractivity contribution in [2.75, 3.05) is 25.6 Å². The van der Waals surface area contributed by atoms with Crippen LogP contribution in [0.1, 0.15) is 32.6 Å². The van der Waals surface area contributed by atoms with E-state index in [9.17, 15) is 8.42 Å². The Hall–Kier alpha value is -0.170. The minimum atomic E-state index is -3.41. The zero-order valence-corrected chi connectivity index (χ0v) is 11.2. The van der Waals surface area contributed by atoms with E-state index < -0.39 is 10.0 Å². The van der Waals surface area contributed by atoms with E-state index in [1.807, 2.05) is 6.92 Å². The first-order valence-electron chi connectivity index (χ1n) is 6.21. The largest absolute Gasteiger partial charge is 0.378 e. The van der Waals surface area contributed by atoms with Gasteiger partial charge >= 0.3 is 0 Å². The lowest BCUT2D eigenvalue weighted by molar-refractivity contribution is 0.00658. The van der Waals surface area contributed by atoms with Gasteiger partial charge in [0, 0.05) is 6.61 Å². The molecule has 102 valence electrons. The summed E-state index contributed by atoms with van der Waals surface area (Å²) in [6.45, 7) is 3.84. The fourth-order valence-corrected chi connectivity index (χ4v) is 3.01. The van der Waals surface area contributed by atoms with Crippen LogP contribution < -0.4 is 5.14 Å². The van der Waals surface area contributed by atoms with Crippen LogP contribution in [0.3, 0.4) is 0 Å². The van der Waals surface area contributed by atoms with E-state index in [-0.39, 0.29) is 17.8 Å². The molecule has 0 aromatic heterocycles. The lowest BCUT2D eigenvalue weighted by atomic mass is 10.1. The number of ether oxygens (including phenoxy) is 2. The van der Waals surface area contributed by atoms with Crippen LogP contribution in [-0.2, 0) is 19.5 Å². The molecule has 17 heavy (non-hydrogen) atoms. The van der Waals surface area contributed by atoms with Crippen molar-refractivity contribution in [1.82, 2.24) is 0 Å². The number of hydrogen-bond acceptors (Lipinski definition) is 4. The Morgan fingerprint density at radius 2 is 2.29 bits per heavy atom. The summed E-state index contributed by atoms with van der Waals surface area (Å²) in [7, 11) is -3.41. The Morgan fingerprint density at radius 3 is 2.82 bits per heavy atom. The molecular weight excluding hydrogens is 242 g/mol. The maximum Gasteiger partial charge on any atom is 0.209 e. The lowest BCUT2D eigenvalue weighted by Gasteiger charge is -2.16. The first kappa shape index (κ1) is 14.9. The fourth-order valence-electron chi connectivity index (χ4n) is 2.09. The van der Waals surface area contributed by atoms with Gasteiger partial charge in [-0.15, -0.1) is 0 Å². The zero-order valence-electron chi connectivity index (χ0n) is 10.4. The van der Waals surface area contributed by atoms with E-state index in [2.05, 4.69) is 0 Å². The van der Waals surface area contributed by atoms with Crippen LogP contribution in [0.25, 0.3) is 0 Å². The maximum absolute atomic E-state index is 11.0. The van der Waals surface area contributed by atoms with Crippen LogP contribution in [0, 0.1) is 5.92 Å². The van der Waals surface area contributed by atoms with Crippen LogP contribution >= 0.6 is 0 Å².